The van der Waals surface area contributed by atoms with Gasteiger partial charge < -0.3 is 24.7 Å². The Balaban J connectivity index is 1.32. The van der Waals surface area contributed by atoms with Crippen molar-refractivity contribution in [3.05, 3.63) is 34.9 Å². The summed E-state index contributed by atoms with van der Waals surface area (Å²) in [5, 5.41) is 10.9. The average Bonchev–Trinajstić information content (AvgIpc) is 3.66. The molecule has 0 radical (unpaired) electrons. The van der Waals surface area contributed by atoms with Crippen LogP contribution in [0.25, 0.3) is 0 Å². The minimum Gasteiger partial charge on any atom is -0.395 e. The van der Waals surface area contributed by atoms with Gasteiger partial charge in [0.25, 0.3) is 0 Å². The average molecular weight is 656 g/mol. The van der Waals surface area contributed by atoms with Gasteiger partial charge in [0, 0.05) is 68.8 Å². The van der Waals surface area contributed by atoms with Crippen molar-refractivity contribution in [3.8, 4) is 0 Å². The molecule has 254 valence electrons. The number of aliphatic hydroxyl groups excluding tert-OH is 1. The topological polar surface area (TPSA) is 87.6 Å². The van der Waals surface area contributed by atoms with Crippen molar-refractivity contribution in [1.29, 1.82) is 0 Å². The van der Waals surface area contributed by atoms with Crippen molar-refractivity contribution in [2.24, 2.45) is 17.3 Å². The molecule has 10 heteroatoms. The molecule has 3 amide bonds. The largest absolute Gasteiger partial charge is 0.395 e. The summed E-state index contributed by atoms with van der Waals surface area (Å²) in [5.41, 5.74) is 0.175. The Morgan fingerprint density at radius 3 is 2.15 bits per heavy atom. The van der Waals surface area contributed by atoms with Gasteiger partial charge in [-0.15, -0.1) is 0 Å². The summed E-state index contributed by atoms with van der Waals surface area (Å²) >= 11 is 6.25. The quantitative estimate of drug-likeness (QED) is 0.460. The molecule has 5 aliphatic rings. The van der Waals surface area contributed by atoms with Crippen LogP contribution < -0.4 is 0 Å². The minimum atomic E-state index is -0.937. The van der Waals surface area contributed by atoms with Crippen LogP contribution in [0, 0.1) is 17.3 Å². The van der Waals surface area contributed by atoms with Gasteiger partial charge in [-0.25, -0.2) is 0 Å². The fraction of sp³-hybridized carbons (Fsp3) is 0.750. The summed E-state index contributed by atoms with van der Waals surface area (Å²) < 4.78 is 0. The number of halogens is 1. The first kappa shape index (κ1) is 33.7. The normalized spacial score (nSPS) is 31.3. The number of hydrogen-bond donors (Lipinski definition) is 1. The maximum absolute atomic E-state index is 14.9. The maximum atomic E-state index is 14.9. The van der Waals surface area contributed by atoms with Crippen LogP contribution in [0.15, 0.2) is 24.3 Å². The van der Waals surface area contributed by atoms with Gasteiger partial charge in [-0.1, -0.05) is 30.7 Å². The summed E-state index contributed by atoms with van der Waals surface area (Å²) in [4.78, 5) is 54.0. The van der Waals surface area contributed by atoms with Crippen LogP contribution in [-0.4, -0.2) is 131 Å². The van der Waals surface area contributed by atoms with Gasteiger partial charge in [0.05, 0.1) is 24.0 Å². The lowest BCUT2D eigenvalue weighted by Gasteiger charge is -2.43. The molecule has 6 rings (SSSR count). The first-order valence-electron chi connectivity index (χ1n) is 17.7. The highest BCUT2D eigenvalue weighted by Crippen LogP contribution is 2.42. The maximum Gasteiger partial charge on any atom is 0.245 e. The molecule has 3 aliphatic heterocycles. The number of rotatable bonds is 8. The van der Waals surface area contributed by atoms with Crippen LogP contribution in [0.4, 0.5) is 0 Å². The number of likely N-dealkylation sites (tertiary alicyclic amines) is 2. The van der Waals surface area contributed by atoms with E-state index in [2.05, 4.69) is 23.8 Å². The number of aliphatic hydroxyl groups is 1. The van der Waals surface area contributed by atoms with Gasteiger partial charge in [0.15, 0.2) is 0 Å². The first-order chi connectivity index (χ1) is 22.0. The zero-order valence-electron chi connectivity index (χ0n) is 28.2. The smallest absolute Gasteiger partial charge is 0.245 e. The Morgan fingerprint density at radius 1 is 0.891 bits per heavy atom. The van der Waals surface area contributed by atoms with E-state index in [1.54, 1.807) is 13.8 Å². The molecule has 3 saturated heterocycles. The number of carbonyl (C=O) groups is 3. The Hall–Kier alpha value is -2.20. The van der Waals surface area contributed by atoms with Crippen molar-refractivity contribution in [1.82, 2.24) is 24.5 Å². The molecule has 2 saturated carbocycles. The highest BCUT2D eigenvalue weighted by Gasteiger charge is 2.52. The van der Waals surface area contributed by atoms with Crippen molar-refractivity contribution in [3.63, 3.8) is 0 Å². The van der Waals surface area contributed by atoms with Crippen LogP contribution in [0.2, 0.25) is 5.02 Å². The SMILES string of the molecule is CC1CCC(N(C(=O)C(C)(C)CO)[C@H]2C[C@@H](C(=O)N3CCN(C)CC3)N(C(=O)[C@@H]3CN(C4CC4)C[C@H]3c3ccc(Cl)cc3)C2)CC1. The van der Waals surface area contributed by atoms with Gasteiger partial charge in [-0.05, 0) is 89.5 Å². The number of benzene rings is 1. The van der Waals surface area contributed by atoms with Crippen LogP contribution in [-0.2, 0) is 14.4 Å². The molecule has 0 spiro atoms. The minimum absolute atomic E-state index is 0.00937. The van der Waals surface area contributed by atoms with Crippen molar-refractivity contribution < 1.29 is 19.5 Å². The first-order valence-corrected chi connectivity index (χ1v) is 18.1. The molecule has 0 bridgehead atoms. The molecule has 9 nitrogen and oxygen atoms in total. The zero-order valence-corrected chi connectivity index (χ0v) is 29.0. The Labute approximate surface area is 280 Å². The van der Waals surface area contributed by atoms with E-state index in [9.17, 15) is 19.5 Å². The van der Waals surface area contributed by atoms with Crippen LogP contribution in [0.3, 0.4) is 0 Å². The molecule has 4 atom stereocenters. The molecule has 1 N–H and O–H groups in total. The lowest BCUT2D eigenvalue weighted by molar-refractivity contribution is -0.149. The van der Waals surface area contributed by atoms with Crippen molar-refractivity contribution >= 4 is 29.3 Å². The van der Waals surface area contributed by atoms with E-state index in [0.29, 0.717) is 49.6 Å². The third-order valence-corrected chi connectivity index (χ3v) is 11.9. The molecule has 1 aromatic rings. The van der Waals surface area contributed by atoms with Gasteiger partial charge >= 0.3 is 0 Å². The van der Waals surface area contributed by atoms with E-state index in [1.165, 1.54) is 12.8 Å². The molecule has 5 fully saturated rings. The van der Waals surface area contributed by atoms with E-state index in [1.807, 2.05) is 39.0 Å². The predicted octanol–water partition coefficient (Wildman–Crippen LogP) is 3.69. The molecule has 46 heavy (non-hydrogen) atoms. The molecule has 1 aromatic carbocycles. The number of hydrogen-bond acceptors (Lipinski definition) is 6. The highest BCUT2D eigenvalue weighted by atomic mass is 35.5. The predicted molar refractivity (Wildman–Crippen MR) is 179 cm³/mol. The lowest BCUT2D eigenvalue weighted by atomic mass is 9.83. The van der Waals surface area contributed by atoms with Gasteiger partial charge in [-0.2, -0.15) is 0 Å². The van der Waals surface area contributed by atoms with Gasteiger partial charge in [0.1, 0.15) is 6.04 Å². The molecule has 2 aliphatic carbocycles. The standard InChI is InChI=1S/C36H54ClN5O4/c1-24-5-11-28(12-6-24)42(35(46)36(2,3)23-43)29-19-32(34(45)39-17-15-38(4)16-18-39)41(20-29)33(44)31-22-40(27-13-14-27)21-30(31)25-7-9-26(37)10-8-25/h7-10,24,27-32,43H,5-6,11-23H2,1-4H3/t24?,28?,29-,30-,31+,32-/m0/s1. The van der Waals surface area contributed by atoms with Crippen LogP contribution in [0.1, 0.15) is 77.2 Å². The number of carbonyl (C=O) groups excluding carboxylic acids is 3. The highest BCUT2D eigenvalue weighted by molar-refractivity contribution is 6.30. The summed E-state index contributed by atoms with van der Waals surface area (Å²) in [6, 6.07) is 7.61. The number of nitrogens with zero attached hydrogens (tertiary/aromatic N) is 5. The molecule has 0 aromatic heterocycles. The number of piperazine rings is 1. The fourth-order valence-corrected chi connectivity index (χ4v) is 8.51. The van der Waals surface area contributed by atoms with Crippen molar-refractivity contribution in [2.45, 2.75) is 95.8 Å². The van der Waals surface area contributed by atoms with Crippen LogP contribution in [0.5, 0.6) is 0 Å². The van der Waals surface area contributed by atoms with E-state index in [4.69, 9.17) is 11.6 Å². The van der Waals surface area contributed by atoms with E-state index < -0.39 is 11.5 Å². The monoisotopic (exact) mass is 655 g/mol. The van der Waals surface area contributed by atoms with E-state index >= 15 is 0 Å². The molecular weight excluding hydrogens is 602 g/mol. The Bertz CT molecular complexity index is 1260. The van der Waals surface area contributed by atoms with Gasteiger partial charge in [-0.3, -0.25) is 19.3 Å². The summed E-state index contributed by atoms with van der Waals surface area (Å²) in [6.07, 6.45) is 6.70. The third kappa shape index (κ3) is 6.99. The van der Waals surface area contributed by atoms with E-state index in [0.717, 1.165) is 50.9 Å². The van der Waals surface area contributed by atoms with Crippen molar-refractivity contribution in [2.75, 3.05) is 59.5 Å². The second-order valence-corrected chi connectivity index (χ2v) is 16.1. The van der Waals surface area contributed by atoms with E-state index in [-0.39, 0.29) is 48.2 Å². The molecule has 3 heterocycles. The summed E-state index contributed by atoms with van der Waals surface area (Å²) in [5.74, 6) is 0.346. The fourth-order valence-electron chi connectivity index (χ4n) is 8.38. The van der Waals surface area contributed by atoms with Gasteiger partial charge in [0.2, 0.25) is 17.7 Å². The molecular formula is C36H54ClN5O4. The third-order valence-electron chi connectivity index (χ3n) is 11.7. The summed E-state index contributed by atoms with van der Waals surface area (Å²) in [7, 11) is 2.07. The second kappa shape index (κ2) is 13.7. The Morgan fingerprint density at radius 2 is 1.54 bits per heavy atom. The van der Waals surface area contributed by atoms with Crippen LogP contribution >= 0.6 is 11.6 Å². The second-order valence-electron chi connectivity index (χ2n) is 15.6. The summed E-state index contributed by atoms with van der Waals surface area (Å²) in [6.45, 7) is 10.4. The lowest BCUT2D eigenvalue weighted by Crippen LogP contribution is -2.55. The number of likely N-dealkylation sites (N-methyl/N-ethyl adjacent to an activating group) is 1. The number of amides is 3. The zero-order chi connectivity index (χ0) is 32.7. The Kier molecular flexibility index (Phi) is 10.1. The molecule has 0 unspecified atom stereocenters.